The van der Waals surface area contributed by atoms with Crippen molar-refractivity contribution >= 4 is 11.6 Å². The van der Waals surface area contributed by atoms with Crippen LogP contribution in [0.3, 0.4) is 0 Å². The molecule has 0 unspecified atom stereocenters. The highest BCUT2D eigenvalue weighted by Crippen LogP contribution is 2.22. The molecule has 0 aliphatic carbocycles. The van der Waals surface area contributed by atoms with Crippen LogP contribution >= 0.6 is 11.6 Å². The number of benzene rings is 1. The molecule has 1 rings (SSSR count). The van der Waals surface area contributed by atoms with Crippen molar-refractivity contribution in [3.8, 4) is 5.75 Å². The maximum atomic E-state index is 5.90. The third kappa shape index (κ3) is 2.90. The zero-order chi connectivity index (χ0) is 9.84. The number of ether oxygens (including phenoxy) is 1. The van der Waals surface area contributed by atoms with E-state index in [1.807, 2.05) is 32.0 Å². The smallest absolute Gasteiger partial charge is 0.120 e. The fourth-order valence-corrected chi connectivity index (χ4v) is 1.25. The van der Waals surface area contributed by atoms with Crippen molar-refractivity contribution in [2.75, 3.05) is 0 Å². The second-order valence-corrected chi connectivity index (χ2v) is 3.53. The van der Waals surface area contributed by atoms with E-state index in [-0.39, 0.29) is 6.10 Å². The van der Waals surface area contributed by atoms with Gasteiger partial charge < -0.3 is 10.5 Å². The quantitative estimate of drug-likeness (QED) is 0.812. The molecule has 0 aromatic heterocycles. The molecule has 0 radical (unpaired) electrons. The standard InChI is InChI=1S/C10H14ClNO/c1-7(2)13-9-3-4-10(11)8(5-9)6-12/h3-5,7H,6,12H2,1-2H3. The number of nitrogens with two attached hydrogens (primary N) is 1. The number of hydrogen-bond acceptors (Lipinski definition) is 2. The molecular weight excluding hydrogens is 186 g/mol. The molecule has 0 amide bonds. The Morgan fingerprint density at radius 2 is 2.15 bits per heavy atom. The van der Waals surface area contributed by atoms with Crippen LogP contribution in [0.4, 0.5) is 0 Å². The van der Waals surface area contributed by atoms with Gasteiger partial charge in [-0.05, 0) is 37.6 Å². The maximum absolute atomic E-state index is 5.90. The fourth-order valence-electron chi connectivity index (χ4n) is 1.05. The van der Waals surface area contributed by atoms with E-state index in [1.54, 1.807) is 0 Å². The van der Waals surface area contributed by atoms with Gasteiger partial charge in [-0.2, -0.15) is 0 Å². The summed E-state index contributed by atoms with van der Waals surface area (Å²) >= 11 is 5.90. The summed E-state index contributed by atoms with van der Waals surface area (Å²) in [5, 5.41) is 0.693. The Bertz CT molecular complexity index is 286. The first-order valence-corrected chi connectivity index (χ1v) is 4.66. The van der Waals surface area contributed by atoms with Gasteiger partial charge in [-0.3, -0.25) is 0 Å². The molecule has 0 saturated heterocycles. The van der Waals surface area contributed by atoms with Crippen LogP contribution in [0.25, 0.3) is 0 Å². The van der Waals surface area contributed by atoms with E-state index in [9.17, 15) is 0 Å². The summed E-state index contributed by atoms with van der Waals surface area (Å²) in [5.74, 6) is 0.819. The average molecular weight is 200 g/mol. The first kappa shape index (κ1) is 10.4. The minimum Gasteiger partial charge on any atom is -0.491 e. The summed E-state index contributed by atoms with van der Waals surface area (Å²) in [4.78, 5) is 0. The van der Waals surface area contributed by atoms with Crippen molar-refractivity contribution in [3.05, 3.63) is 28.8 Å². The van der Waals surface area contributed by atoms with Gasteiger partial charge in [0.05, 0.1) is 6.10 Å². The predicted molar refractivity (Wildman–Crippen MR) is 55.1 cm³/mol. The summed E-state index contributed by atoms with van der Waals surface area (Å²) in [7, 11) is 0. The number of halogens is 1. The van der Waals surface area contributed by atoms with Crippen molar-refractivity contribution in [1.82, 2.24) is 0 Å². The van der Waals surface area contributed by atoms with Crippen molar-refractivity contribution < 1.29 is 4.74 Å². The monoisotopic (exact) mass is 199 g/mol. The summed E-state index contributed by atoms with van der Waals surface area (Å²) in [6, 6.07) is 5.53. The molecule has 1 aromatic carbocycles. The Morgan fingerprint density at radius 3 is 2.69 bits per heavy atom. The molecule has 72 valence electrons. The van der Waals surface area contributed by atoms with Gasteiger partial charge in [0.2, 0.25) is 0 Å². The average Bonchev–Trinajstić information content (AvgIpc) is 2.07. The molecule has 0 aliphatic heterocycles. The Labute approximate surface area is 83.6 Å². The lowest BCUT2D eigenvalue weighted by atomic mass is 10.2. The molecule has 0 saturated carbocycles. The van der Waals surface area contributed by atoms with Crippen LogP contribution in [0, 0.1) is 0 Å². The predicted octanol–water partition coefficient (Wildman–Crippen LogP) is 2.59. The topological polar surface area (TPSA) is 35.2 Å². The zero-order valence-corrected chi connectivity index (χ0v) is 8.64. The van der Waals surface area contributed by atoms with Crippen molar-refractivity contribution in [2.24, 2.45) is 5.73 Å². The third-order valence-electron chi connectivity index (χ3n) is 1.61. The van der Waals surface area contributed by atoms with Gasteiger partial charge in [0.25, 0.3) is 0 Å². The SMILES string of the molecule is CC(C)Oc1ccc(Cl)c(CN)c1. The van der Waals surface area contributed by atoms with Crippen LogP contribution in [-0.2, 0) is 6.54 Å². The van der Waals surface area contributed by atoms with E-state index in [1.165, 1.54) is 0 Å². The Kier molecular flexibility index (Phi) is 3.58. The highest BCUT2D eigenvalue weighted by atomic mass is 35.5. The van der Waals surface area contributed by atoms with Crippen LogP contribution < -0.4 is 10.5 Å². The van der Waals surface area contributed by atoms with Crippen LogP contribution in [-0.4, -0.2) is 6.10 Å². The van der Waals surface area contributed by atoms with E-state index in [4.69, 9.17) is 22.1 Å². The summed E-state index contributed by atoms with van der Waals surface area (Å²) < 4.78 is 5.50. The highest BCUT2D eigenvalue weighted by Gasteiger charge is 2.02. The maximum Gasteiger partial charge on any atom is 0.120 e. The number of rotatable bonds is 3. The molecule has 13 heavy (non-hydrogen) atoms. The second kappa shape index (κ2) is 4.49. The highest BCUT2D eigenvalue weighted by molar-refractivity contribution is 6.31. The van der Waals surface area contributed by atoms with E-state index in [2.05, 4.69) is 0 Å². The van der Waals surface area contributed by atoms with Crippen molar-refractivity contribution in [3.63, 3.8) is 0 Å². The van der Waals surface area contributed by atoms with Gasteiger partial charge in [-0.25, -0.2) is 0 Å². The normalized spacial score (nSPS) is 10.5. The molecule has 0 bridgehead atoms. The number of hydrogen-bond donors (Lipinski definition) is 1. The van der Waals surface area contributed by atoms with Gasteiger partial charge in [0.15, 0.2) is 0 Å². The van der Waals surface area contributed by atoms with Crippen LogP contribution in [0.1, 0.15) is 19.4 Å². The largest absolute Gasteiger partial charge is 0.491 e. The minimum atomic E-state index is 0.173. The molecule has 0 fully saturated rings. The Morgan fingerprint density at radius 1 is 1.46 bits per heavy atom. The molecule has 0 atom stereocenters. The lowest BCUT2D eigenvalue weighted by Gasteiger charge is -2.11. The van der Waals surface area contributed by atoms with E-state index >= 15 is 0 Å². The molecule has 3 heteroatoms. The van der Waals surface area contributed by atoms with Gasteiger partial charge in [0.1, 0.15) is 5.75 Å². The van der Waals surface area contributed by atoms with Crippen LogP contribution in [0.5, 0.6) is 5.75 Å². The molecule has 0 aliphatic rings. The summed E-state index contributed by atoms with van der Waals surface area (Å²) in [6.45, 7) is 4.40. The van der Waals surface area contributed by atoms with Crippen LogP contribution in [0.2, 0.25) is 5.02 Å². The molecule has 1 aromatic rings. The lowest BCUT2D eigenvalue weighted by molar-refractivity contribution is 0.242. The molecule has 0 spiro atoms. The molecule has 2 nitrogen and oxygen atoms in total. The Hall–Kier alpha value is -0.730. The summed E-state index contributed by atoms with van der Waals surface area (Å²) in [5.41, 5.74) is 6.43. The summed E-state index contributed by atoms with van der Waals surface area (Å²) in [6.07, 6.45) is 0.173. The second-order valence-electron chi connectivity index (χ2n) is 3.12. The molecule has 0 heterocycles. The molecular formula is C10H14ClNO. The third-order valence-corrected chi connectivity index (χ3v) is 1.98. The van der Waals surface area contributed by atoms with Gasteiger partial charge in [-0.1, -0.05) is 11.6 Å². The fraction of sp³-hybridized carbons (Fsp3) is 0.400. The van der Waals surface area contributed by atoms with E-state index < -0.39 is 0 Å². The molecule has 2 N–H and O–H groups in total. The van der Waals surface area contributed by atoms with Gasteiger partial charge >= 0.3 is 0 Å². The van der Waals surface area contributed by atoms with Crippen LogP contribution in [0.15, 0.2) is 18.2 Å². The minimum absolute atomic E-state index is 0.173. The first-order chi connectivity index (χ1) is 6.13. The van der Waals surface area contributed by atoms with Gasteiger partial charge in [-0.15, -0.1) is 0 Å². The lowest BCUT2D eigenvalue weighted by Crippen LogP contribution is -2.06. The van der Waals surface area contributed by atoms with E-state index in [0.29, 0.717) is 11.6 Å². The van der Waals surface area contributed by atoms with E-state index in [0.717, 1.165) is 11.3 Å². The zero-order valence-electron chi connectivity index (χ0n) is 7.88. The van der Waals surface area contributed by atoms with Crippen molar-refractivity contribution in [2.45, 2.75) is 26.5 Å². The Balaban J connectivity index is 2.86. The van der Waals surface area contributed by atoms with Crippen molar-refractivity contribution in [1.29, 1.82) is 0 Å². The first-order valence-electron chi connectivity index (χ1n) is 4.28. The van der Waals surface area contributed by atoms with Gasteiger partial charge in [0, 0.05) is 11.6 Å².